The van der Waals surface area contributed by atoms with E-state index in [0.717, 1.165) is 43.7 Å². The third-order valence-electron chi connectivity index (χ3n) is 4.52. The molecule has 0 radical (unpaired) electrons. The van der Waals surface area contributed by atoms with Gasteiger partial charge in [-0.1, -0.05) is 28.1 Å². The van der Waals surface area contributed by atoms with Crippen LogP contribution in [0.15, 0.2) is 51.1 Å². The van der Waals surface area contributed by atoms with Crippen molar-refractivity contribution in [2.75, 3.05) is 11.5 Å². The van der Waals surface area contributed by atoms with E-state index in [1.165, 1.54) is 0 Å². The van der Waals surface area contributed by atoms with E-state index in [4.69, 9.17) is 0 Å². The van der Waals surface area contributed by atoms with Gasteiger partial charge in [-0.3, -0.25) is 0 Å². The van der Waals surface area contributed by atoms with Gasteiger partial charge in [-0.2, -0.15) is 16.9 Å². The maximum absolute atomic E-state index is 10.8. The zero-order valence-electron chi connectivity index (χ0n) is 14.0. The summed E-state index contributed by atoms with van der Waals surface area (Å²) in [5, 5.41) is 20.6. The molecule has 1 aromatic heterocycles. The minimum absolute atomic E-state index is 0.201. The highest BCUT2D eigenvalue weighted by atomic mass is 79.9. The lowest BCUT2D eigenvalue weighted by molar-refractivity contribution is 0.406. The van der Waals surface area contributed by atoms with E-state index in [2.05, 4.69) is 32.2 Å². The van der Waals surface area contributed by atoms with Gasteiger partial charge >= 0.3 is 0 Å². The average molecular weight is 416 g/mol. The summed E-state index contributed by atoms with van der Waals surface area (Å²) in [6, 6.07) is 12.4. The van der Waals surface area contributed by atoms with Crippen molar-refractivity contribution in [1.82, 2.24) is 4.57 Å². The Morgan fingerprint density at radius 1 is 1.12 bits per heavy atom. The second-order valence-electron chi connectivity index (χ2n) is 6.38. The molecule has 1 fully saturated rings. The fourth-order valence-electron chi connectivity index (χ4n) is 3.03. The second-order valence-corrected chi connectivity index (χ2v) is 8.38. The van der Waals surface area contributed by atoms with Gasteiger partial charge in [0.15, 0.2) is 5.69 Å². The van der Waals surface area contributed by atoms with Crippen LogP contribution in [0.5, 0.6) is 5.88 Å². The van der Waals surface area contributed by atoms with E-state index in [-0.39, 0.29) is 5.88 Å². The molecule has 0 amide bonds. The minimum Gasteiger partial charge on any atom is -0.493 e. The van der Waals surface area contributed by atoms with E-state index in [1.54, 1.807) is 0 Å². The second kappa shape index (κ2) is 6.50. The average Bonchev–Trinajstić information content (AvgIpc) is 2.79. The van der Waals surface area contributed by atoms with E-state index >= 15 is 0 Å². The predicted molar refractivity (Wildman–Crippen MR) is 108 cm³/mol. The van der Waals surface area contributed by atoms with Crippen LogP contribution in [0.2, 0.25) is 0 Å². The first kappa shape index (κ1) is 16.7. The summed E-state index contributed by atoms with van der Waals surface area (Å²) in [5.41, 5.74) is 4.57. The highest BCUT2D eigenvalue weighted by Gasteiger charge is 2.27. The van der Waals surface area contributed by atoms with Crippen LogP contribution in [0.4, 0.5) is 11.4 Å². The molecule has 1 N–H and O–H groups in total. The molecule has 0 saturated carbocycles. The highest BCUT2D eigenvalue weighted by molar-refractivity contribution is 9.10. The molecule has 4 nitrogen and oxygen atoms in total. The molecule has 0 bridgehead atoms. The van der Waals surface area contributed by atoms with Gasteiger partial charge in [-0.15, -0.1) is 5.11 Å². The molecule has 1 aliphatic heterocycles. The summed E-state index contributed by atoms with van der Waals surface area (Å²) in [7, 11) is 0. The first-order valence-electron chi connectivity index (χ1n) is 8.14. The molecule has 4 rings (SSSR count). The smallest absolute Gasteiger partial charge is 0.221 e. The summed E-state index contributed by atoms with van der Waals surface area (Å²) >= 11 is 5.41. The maximum atomic E-state index is 10.8. The van der Waals surface area contributed by atoms with Crippen molar-refractivity contribution in [3.8, 4) is 5.88 Å². The predicted octanol–water partition coefficient (Wildman–Crippen LogP) is 6.43. The number of aryl methyl sites for hydroxylation is 2. The lowest BCUT2D eigenvalue weighted by Gasteiger charge is -2.27. The van der Waals surface area contributed by atoms with Crippen molar-refractivity contribution in [1.29, 1.82) is 0 Å². The fraction of sp³-hybridized carbons (Fsp3) is 0.263. The quantitative estimate of drug-likeness (QED) is 0.500. The molecule has 2 aromatic carbocycles. The van der Waals surface area contributed by atoms with Crippen LogP contribution >= 0.6 is 27.7 Å². The number of benzene rings is 2. The lowest BCUT2D eigenvalue weighted by Crippen LogP contribution is -2.22. The zero-order chi connectivity index (χ0) is 17.6. The Kier molecular flexibility index (Phi) is 4.33. The number of aromatic hydroxyl groups is 1. The number of rotatable bonds is 3. The van der Waals surface area contributed by atoms with E-state index in [1.807, 2.05) is 60.5 Å². The van der Waals surface area contributed by atoms with Gasteiger partial charge in [0.2, 0.25) is 5.88 Å². The summed E-state index contributed by atoms with van der Waals surface area (Å²) in [6.07, 6.45) is 0. The van der Waals surface area contributed by atoms with Crippen LogP contribution in [0.3, 0.4) is 0 Å². The Bertz CT molecular complexity index is 992. The number of thioether (sulfide) groups is 1. The SMILES string of the molecule is Cc1ccc(C)c(N=Nc2c(O)n(C3CSC3)c3ccc(Br)cc23)c1. The Hall–Kier alpha value is -1.79. The number of hydrogen-bond acceptors (Lipinski definition) is 4. The number of fused-ring (bicyclic) bond motifs is 1. The number of azo groups is 1. The van der Waals surface area contributed by atoms with Crippen molar-refractivity contribution in [3.05, 3.63) is 52.0 Å². The number of aromatic nitrogens is 1. The first-order chi connectivity index (χ1) is 12.0. The molecule has 6 heteroatoms. The molecule has 0 aliphatic carbocycles. The highest BCUT2D eigenvalue weighted by Crippen LogP contribution is 2.45. The molecule has 25 heavy (non-hydrogen) atoms. The van der Waals surface area contributed by atoms with Gasteiger partial charge in [-0.05, 0) is 49.2 Å². The van der Waals surface area contributed by atoms with Crippen LogP contribution in [0.25, 0.3) is 10.9 Å². The Morgan fingerprint density at radius 3 is 2.64 bits per heavy atom. The lowest BCUT2D eigenvalue weighted by atomic mass is 10.1. The molecule has 128 valence electrons. The molecule has 1 saturated heterocycles. The maximum Gasteiger partial charge on any atom is 0.221 e. The van der Waals surface area contributed by atoms with Gasteiger partial charge in [0, 0.05) is 21.4 Å². The molecule has 0 atom stereocenters. The van der Waals surface area contributed by atoms with E-state index in [0.29, 0.717) is 11.7 Å². The number of nitrogens with zero attached hydrogens (tertiary/aromatic N) is 3. The molecule has 1 aliphatic rings. The van der Waals surface area contributed by atoms with Gasteiger partial charge in [-0.25, -0.2) is 0 Å². The van der Waals surface area contributed by atoms with Crippen LogP contribution in [-0.4, -0.2) is 21.2 Å². The Morgan fingerprint density at radius 2 is 1.92 bits per heavy atom. The van der Waals surface area contributed by atoms with Gasteiger partial charge in [0.05, 0.1) is 17.2 Å². The third-order valence-corrected chi connectivity index (χ3v) is 6.26. The summed E-state index contributed by atoms with van der Waals surface area (Å²) in [5.74, 6) is 2.23. The monoisotopic (exact) mass is 415 g/mol. The van der Waals surface area contributed by atoms with Crippen LogP contribution in [-0.2, 0) is 0 Å². The summed E-state index contributed by atoms with van der Waals surface area (Å²) < 4.78 is 2.96. The van der Waals surface area contributed by atoms with Crippen molar-refractivity contribution in [2.24, 2.45) is 10.2 Å². The Balaban J connectivity index is 1.86. The van der Waals surface area contributed by atoms with Crippen molar-refractivity contribution >= 4 is 50.0 Å². The molecular formula is C19H18BrN3OS. The van der Waals surface area contributed by atoms with Gasteiger partial charge < -0.3 is 9.67 Å². The Labute approximate surface area is 159 Å². The number of hydrogen-bond donors (Lipinski definition) is 1. The van der Waals surface area contributed by atoms with E-state index < -0.39 is 0 Å². The molecule has 2 heterocycles. The molecular weight excluding hydrogens is 398 g/mol. The van der Waals surface area contributed by atoms with Crippen molar-refractivity contribution in [2.45, 2.75) is 19.9 Å². The standard InChI is InChI=1S/C19H18BrN3OS/c1-11-3-4-12(2)16(7-11)21-22-18-15-8-13(20)5-6-17(15)23(19(18)24)14-9-25-10-14/h3-8,14,24H,9-10H2,1-2H3. The van der Waals surface area contributed by atoms with Crippen LogP contribution < -0.4 is 0 Å². The van der Waals surface area contributed by atoms with Gasteiger partial charge in [0.1, 0.15) is 0 Å². The van der Waals surface area contributed by atoms with Crippen LogP contribution in [0, 0.1) is 13.8 Å². The van der Waals surface area contributed by atoms with Crippen molar-refractivity contribution < 1.29 is 5.11 Å². The zero-order valence-corrected chi connectivity index (χ0v) is 16.4. The minimum atomic E-state index is 0.201. The molecule has 0 unspecified atom stereocenters. The molecule has 0 spiro atoms. The number of halogens is 1. The van der Waals surface area contributed by atoms with Crippen molar-refractivity contribution in [3.63, 3.8) is 0 Å². The van der Waals surface area contributed by atoms with E-state index in [9.17, 15) is 5.11 Å². The molecule has 3 aromatic rings. The summed E-state index contributed by atoms with van der Waals surface area (Å²) in [6.45, 7) is 4.05. The van der Waals surface area contributed by atoms with Gasteiger partial charge in [0.25, 0.3) is 0 Å². The topological polar surface area (TPSA) is 49.9 Å². The summed E-state index contributed by atoms with van der Waals surface area (Å²) in [4.78, 5) is 0. The first-order valence-corrected chi connectivity index (χ1v) is 10.1. The van der Waals surface area contributed by atoms with Crippen LogP contribution in [0.1, 0.15) is 17.2 Å². The largest absolute Gasteiger partial charge is 0.493 e. The third kappa shape index (κ3) is 2.98. The normalized spacial score (nSPS) is 15.2. The fourth-order valence-corrected chi connectivity index (χ4v) is 4.13.